The third kappa shape index (κ3) is 3.27. The predicted molar refractivity (Wildman–Crippen MR) is 52.8 cm³/mol. The zero-order chi connectivity index (χ0) is 9.68. The average Bonchev–Trinajstić information content (AvgIpc) is 2.18. The maximum atomic E-state index is 8.82. The van der Waals surface area contributed by atoms with Gasteiger partial charge in [-0.2, -0.15) is 0 Å². The van der Waals surface area contributed by atoms with Crippen molar-refractivity contribution in [1.82, 2.24) is 0 Å². The predicted octanol–water partition coefficient (Wildman–Crippen LogP) is 2.83. The van der Waals surface area contributed by atoms with Crippen LogP contribution in [0, 0.1) is 0 Å². The van der Waals surface area contributed by atoms with Gasteiger partial charge in [-0.15, -0.1) is 0 Å². The Labute approximate surface area is 86.4 Å². The summed E-state index contributed by atoms with van der Waals surface area (Å²) < 4.78 is 5.09. The molecule has 1 N–H and O–H groups in total. The number of hydrogen-bond donors (Lipinski definition) is 1. The van der Waals surface area contributed by atoms with E-state index < -0.39 is 0 Å². The van der Waals surface area contributed by atoms with Crippen molar-refractivity contribution in [3.8, 4) is 5.75 Å². The molecule has 0 fully saturated rings. The lowest BCUT2D eigenvalue weighted by molar-refractivity contribution is 0.281. The van der Waals surface area contributed by atoms with Crippen molar-refractivity contribution in [2.75, 3.05) is 0 Å². The Kier molecular flexibility index (Phi) is 4.09. The fraction of sp³-hybridized carbons (Fsp3) is 0.111. The molecule has 0 spiro atoms. The monoisotopic (exact) mass is 218 g/mol. The lowest BCUT2D eigenvalue weighted by Crippen LogP contribution is -1.89. The van der Waals surface area contributed by atoms with Crippen LogP contribution in [0.15, 0.2) is 35.0 Å². The minimum absolute atomic E-state index is 0.0284. The summed E-state index contributed by atoms with van der Waals surface area (Å²) in [5, 5.41) is 8.92. The van der Waals surface area contributed by atoms with Crippen molar-refractivity contribution in [2.45, 2.75) is 6.61 Å². The summed E-state index contributed by atoms with van der Waals surface area (Å²) in [7, 11) is 0. The highest BCUT2D eigenvalue weighted by Gasteiger charge is 1.97. The van der Waals surface area contributed by atoms with E-state index in [2.05, 4.69) is 0 Å². The molecule has 0 amide bonds. The SMILES string of the molecule is OCc1cccc(O/C(Cl)=C/Cl)c1. The summed E-state index contributed by atoms with van der Waals surface area (Å²) in [6.45, 7) is -0.0284. The molecule has 0 unspecified atom stereocenters. The van der Waals surface area contributed by atoms with Gasteiger partial charge in [0.05, 0.1) is 12.1 Å². The lowest BCUT2D eigenvalue weighted by Gasteiger charge is -2.03. The smallest absolute Gasteiger partial charge is 0.205 e. The van der Waals surface area contributed by atoms with Gasteiger partial charge in [0.1, 0.15) is 5.75 Å². The first-order chi connectivity index (χ1) is 6.26. The highest BCUT2D eigenvalue weighted by Crippen LogP contribution is 2.18. The molecule has 4 heteroatoms. The highest BCUT2D eigenvalue weighted by molar-refractivity contribution is 6.35. The van der Waals surface area contributed by atoms with Crippen molar-refractivity contribution in [3.05, 3.63) is 40.6 Å². The van der Waals surface area contributed by atoms with E-state index in [0.717, 1.165) is 11.1 Å². The van der Waals surface area contributed by atoms with Crippen LogP contribution in [0.25, 0.3) is 0 Å². The van der Waals surface area contributed by atoms with Crippen LogP contribution in [0.2, 0.25) is 0 Å². The first-order valence-corrected chi connectivity index (χ1v) is 4.41. The molecule has 0 saturated heterocycles. The van der Waals surface area contributed by atoms with Crippen LogP contribution in [0.5, 0.6) is 5.75 Å². The molecule has 0 saturated carbocycles. The molecule has 1 aromatic carbocycles. The molecule has 0 aliphatic rings. The van der Waals surface area contributed by atoms with Crippen LogP contribution in [0.4, 0.5) is 0 Å². The van der Waals surface area contributed by atoms with Gasteiger partial charge in [0.25, 0.3) is 0 Å². The zero-order valence-corrected chi connectivity index (χ0v) is 8.22. The maximum absolute atomic E-state index is 8.82. The Bertz CT molecular complexity index is 310. The minimum Gasteiger partial charge on any atom is -0.444 e. The number of ether oxygens (including phenoxy) is 1. The maximum Gasteiger partial charge on any atom is 0.205 e. The number of aliphatic hydroxyl groups excluding tert-OH is 1. The zero-order valence-electron chi connectivity index (χ0n) is 6.71. The fourth-order valence-corrected chi connectivity index (χ4v) is 0.976. The van der Waals surface area contributed by atoms with Crippen LogP contribution in [-0.2, 0) is 6.61 Å². The summed E-state index contributed by atoms with van der Waals surface area (Å²) in [6.07, 6.45) is 0. The third-order valence-corrected chi connectivity index (χ3v) is 1.88. The van der Waals surface area contributed by atoms with E-state index in [1.54, 1.807) is 24.3 Å². The topological polar surface area (TPSA) is 29.5 Å². The van der Waals surface area contributed by atoms with Gasteiger partial charge in [0.15, 0.2) is 0 Å². The van der Waals surface area contributed by atoms with Crippen molar-refractivity contribution < 1.29 is 9.84 Å². The Hall–Kier alpha value is -0.700. The Morgan fingerprint density at radius 2 is 2.31 bits per heavy atom. The standard InChI is InChI=1S/C9H8Cl2O2/c10-5-9(11)13-8-3-1-2-7(4-8)6-12/h1-5,12H,6H2/b9-5+. The molecule has 2 nitrogen and oxygen atoms in total. The van der Waals surface area contributed by atoms with E-state index in [1.165, 1.54) is 0 Å². The normalized spacial score (nSPS) is 11.5. The highest BCUT2D eigenvalue weighted by atomic mass is 35.5. The summed E-state index contributed by atoms with van der Waals surface area (Å²) in [6, 6.07) is 6.95. The van der Waals surface area contributed by atoms with Gasteiger partial charge in [-0.3, -0.25) is 0 Å². The molecule has 1 rings (SSSR count). The van der Waals surface area contributed by atoms with Crippen molar-refractivity contribution >= 4 is 23.2 Å². The second kappa shape index (κ2) is 5.12. The molecule has 0 bridgehead atoms. The quantitative estimate of drug-likeness (QED) is 0.792. The van der Waals surface area contributed by atoms with Gasteiger partial charge in [-0.25, -0.2) is 0 Å². The van der Waals surface area contributed by atoms with Crippen LogP contribution in [-0.4, -0.2) is 5.11 Å². The Morgan fingerprint density at radius 1 is 1.54 bits per heavy atom. The number of halogens is 2. The van der Waals surface area contributed by atoms with Gasteiger partial charge >= 0.3 is 0 Å². The average molecular weight is 219 g/mol. The van der Waals surface area contributed by atoms with Gasteiger partial charge in [0.2, 0.25) is 5.22 Å². The summed E-state index contributed by atoms with van der Waals surface area (Å²) in [5.41, 5.74) is 1.89. The molecule has 0 heterocycles. The fourth-order valence-electron chi connectivity index (χ4n) is 0.842. The van der Waals surface area contributed by atoms with Crippen LogP contribution in [0.3, 0.4) is 0 Å². The molecular weight excluding hydrogens is 211 g/mol. The molecule has 0 aromatic heterocycles. The molecule has 0 radical (unpaired) electrons. The number of hydrogen-bond acceptors (Lipinski definition) is 2. The number of aliphatic hydroxyl groups is 1. The largest absolute Gasteiger partial charge is 0.444 e. The lowest BCUT2D eigenvalue weighted by atomic mass is 10.2. The second-order valence-corrected chi connectivity index (χ2v) is 2.91. The molecule has 1 aromatic rings. The molecule has 0 atom stereocenters. The van der Waals surface area contributed by atoms with Crippen LogP contribution >= 0.6 is 23.2 Å². The van der Waals surface area contributed by atoms with Crippen molar-refractivity contribution in [3.63, 3.8) is 0 Å². The van der Waals surface area contributed by atoms with Gasteiger partial charge in [-0.05, 0) is 29.3 Å². The molecule has 0 aliphatic carbocycles. The van der Waals surface area contributed by atoms with E-state index >= 15 is 0 Å². The number of benzene rings is 1. The van der Waals surface area contributed by atoms with Gasteiger partial charge in [-0.1, -0.05) is 23.7 Å². The van der Waals surface area contributed by atoms with E-state index in [4.69, 9.17) is 33.0 Å². The van der Waals surface area contributed by atoms with Crippen LogP contribution < -0.4 is 4.74 Å². The Morgan fingerprint density at radius 3 is 2.92 bits per heavy atom. The first kappa shape index (κ1) is 10.4. The van der Waals surface area contributed by atoms with Crippen molar-refractivity contribution in [1.29, 1.82) is 0 Å². The summed E-state index contributed by atoms with van der Waals surface area (Å²) >= 11 is 10.8. The number of rotatable bonds is 3. The van der Waals surface area contributed by atoms with E-state index in [1.807, 2.05) is 0 Å². The van der Waals surface area contributed by atoms with E-state index in [9.17, 15) is 0 Å². The second-order valence-electron chi connectivity index (χ2n) is 2.32. The molecular formula is C9H8Cl2O2. The summed E-state index contributed by atoms with van der Waals surface area (Å²) in [4.78, 5) is 0. The third-order valence-electron chi connectivity index (χ3n) is 1.38. The summed E-state index contributed by atoms with van der Waals surface area (Å²) in [5.74, 6) is 0.549. The molecule has 0 aliphatic heterocycles. The van der Waals surface area contributed by atoms with Crippen LogP contribution in [0.1, 0.15) is 5.56 Å². The Balaban J connectivity index is 2.77. The van der Waals surface area contributed by atoms with E-state index in [0.29, 0.717) is 5.75 Å². The van der Waals surface area contributed by atoms with Crippen molar-refractivity contribution in [2.24, 2.45) is 0 Å². The molecule has 70 valence electrons. The minimum atomic E-state index is -0.0284. The van der Waals surface area contributed by atoms with Gasteiger partial charge in [0, 0.05) is 0 Å². The van der Waals surface area contributed by atoms with E-state index in [-0.39, 0.29) is 11.8 Å². The molecule has 13 heavy (non-hydrogen) atoms. The first-order valence-electron chi connectivity index (χ1n) is 3.60. The van der Waals surface area contributed by atoms with Gasteiger partial charge < -0.3 is 9.84 Å².